The number of rotatable bonds is 5. The van der Waals surface area contributed by atoms with Gasteiger partial charge in [-0.3, -0.25) is 14.4 Å². The Balaban J connectivity index is 1.25. The molecule has 0 radical (unpaired) electrons. The smallest absolute Gasteiger partial charge is 0.240 e. The van der Waals surface area contributed by atoms with Crippen molar-refractivity contribution in [3.8, 4) is 17.2 Å². The third kappa shape index (κ3) is 4.73. The number of carbonyl (C=O) groups excluding carboxylic acids is 1. The van der Waals surface area contributed by atoms with Crippen molar-refractivity contribution in [2.45, 2.75) is 54.4 Å². The molecule has 0 N–H and O–H groups in total. The second kappa shape index (κ2) is 10.6. The number of likely N-dealkylation sites (tertiary alicyclic amines) is 2. The molecule has 4 aromatic rings. The number of carbonyl (C=O) groups is 1. The van der Waals surface area contributed by atoms with Crippen LogP contribution < -0.4 is 0 Å². The number of halogens is 2. The summed E-state index contributed by atoms with van der Waals surface area (Å²) < 4.78 is 31.9. The van der Waals surface area contributed by atoms with Gasteiger partial charge in [0.25, 0.3) is 0 Å². The molecular weight excluding hydrogens is 534 g/mol. The quantitative estimate of drug-likeness (QED) is 0.359. The van der Waals surface area contributed by atoms with E-state index in [1.54, 1.807) is 4.52 Å². The number of piperidine rings is 1. The highest BCUT2D eigenvalue weighted by molar-refractivity contribution is 7.99. The molecule has 206 valence electrons. The van der Waals surface area contributed by atoms with Crippen molar-refractivity contribution in [2.24, 2.45) is 0 Å². The molecular formula is C28H28F2N8OS. The van der Waals surface area contributed by atoms with Crippen LogP contribution in [0.15, 0.2) is 52.9 Å². The molecule has 0 saturated carbocycles. The summed E-state index contributed by atoms with van der Waals surface area (Å²) in [5, 5.41) is 18.9. The van der Waals surface area contributed by atoms with Gasteiger partial charge in [0.2, 0.25) is 5.91 Å². The van der Waals surface area contributed by atoms with Gasteiger partial charge in [0.15, 0.2) is 5.82 Å². The molecule has 6 rings (SSSR count). The number of hydrogen-bond donors (Lipinski definition) is 0. The van der Waals surface area contributed by atoms with Crippen LogP contribution >= 0.6 is 11.8 Å². The summed E-state index contributed by atoms with van der Waals surface area (Å²) in [6, 6.07) is 6.73. The minimum Gasteiger partial charge on any atom is -0.341 e. The van der Waals surface area contributed by atoms with Gasteiger partial charge in [-0.2, -0.15) is 15.5 Å². The fraction of sp³-hybridized carbons (Fsp3) is 0.393. The predicted molar refractivity (Wildman–Crippen MR) is 145 cm³/mol. The van der Waals surface area contributed by atoms with Crippen molar-refractivity contribution in [1.29, 1.82) is 5.26 Å². The third-order valence-corrected chi connectivity index (χ3v) is 8.91. The van der Waals surface area contributed by atoms with E-state index in [4.69, 9.17) is 5.10 Å². The highest BCUT2D eigenvalue weighted by Crippen LogP contribution is 2.37. The van der Waals surface area contributed by atoms with Crippen LogP contribution in [0, 0.1) is 24.1 Å². The lowest BCUT2D eigenvalue weighted by Gasteiger charge is -2.35. The monoisotopic (exact) mass is 562 g/mol. The Morgan fingerprint density at radius 2 is 2.02 bits per heavy atom. The topological polar surface area (TPSA) is 95.4 Å². The van der Waals surface area contributed by atoms with E-state index in [9.17, 15) is 18.8 Å². The second-order valence-electron chi connectivity index (χ2n) is 10.4. The maximum atomic E-state index is 14.5. The fourth-order valence-corrected chi connectivity index (χ4v) is 6.76. The van der Waals surface area contributed by atoms with Crippen molar-refractivity contribution in [3.63, 3.8) is 0 Å². The molecule has 2 atom stereocenters. The Labute approximate surface area is 234 Å². The molecule has 1 amide bonds. The van der Waals surface area contributed by atoms with E-state index >= 15 is 0 Å². The van der Waals surface area contributed by atoms with Crippen LogP contribution in [0.25, 0.3) is 16.6 Å². The van der Waals surface area contributed by atoms with Gasteiger partial charge in [-0.15, -0.1) is 0 Å². The summed E-state index contributed by atoms with van der Waals surface area (Å²) in [7, 11) is 1.81. The SMILES string of the molecule is Cc1c(-c2cc(Sc3ncccc3F)c3c(C#N)cnn3c2)cnn1C1CCN(C(=O)[C@@H]2C[C@@H](F)CN2C)CC1. The Hall–Kier alpha value is -3.82. The molecule has 2 aliphatic rings. The molecule has 0 unspecified atom stereocenters. The molecule has 9 nitrogen and oxygen atoms in total. The molecule has 2 fully saturated rings. The van der Waals surface area contributed by atoms with Gasteiger partial charge >= 0.3 is 0 Å². The number of nitrogens with zero attached hydrogens (tertiary/aromatic N) is 8. The van der Waals surface area contributed by atoms with Gasteiger partial charge in [-0.25, -0.2) is 18.3 Å². The van der Waals surface area contributed by atoms with E-state index in [-0.39, 0.29) is 29.4 Å². The molecule has 0 spiro atoms. The van der Waals surface area contributed by atoms with Crippen LogP contribution in [-0.4, -0.2) is 79.0 Å². The van der Waals surface area contributed by atoms with Crippen LogP contribution in [0.2, 0.25) is 0 Å². The maximum Gasteiger partial charge on any atom is 0.240 e. The van der Waals surface area contributed by atoms with Gasteiger partial charge in [0.1, 0.15) is 17.3 Å². The number of pyridine rings is 2. The Morgan fingerprint density at radius 1 is 1.23 bits per heavy atom. The number of fused-ring (bicyclic) bond motifs is 1. The first-order valence-electron chi connectivity index (χ1n) is 13.2. The Kier molecular flexibility index (Phi) is 7.02. The first kappa shape index (κ1) is 26.4. The van der Waals surface area contributed by atoms with Gasteiger partial charge in [0, 0.05) is 60.2 Å². The number of likely N-dealkylation sites (N-methyl/N-ethyl adjacent to an activating group) is 1. The van der Waals surface area contributed by atoms with Gasteiger partial charge in [0.05, 0.1) is 35.6 Å². The largest absolute Gasteiger partial charge is 0.341 e. The number of alkyl halides is 1. The molecule has 40 heavy (non-hydrogen) atoms. The zero-order valence-corrected chi connectivity index (χ0v) is 23.0. The minimum absolute atomic E-state index is 0.0117. The zero-order chi connectivity index (χ0) is 28.0. The summed E-state index contributed by atoms with van der Waals surface area (Å²) >= 11 is 1.15. The van der Waals surface area contributed by atoms with Crippen molar-refractivity contribution in [2.75, 3.05) is 26.7 Å². The zero-order valence-electron chi connectivity index (χ0n) is 22.2. The number of aromatic nitrogens is 5. The lowest BCUT2D eigenvalue weighted by atomic mass is 10.0. The minimum atomic E-state index is -0.948. The molecule has 0 bridgehead atoms. The van der Waals surface area contributed by atoms with E-state index in [0.29, 0.717) is 35.6 Å². The average Bonchev–Trinajstić information content (AvgIpc) is 3.65. The molecule has 4 aromatic heterocycles. The van der Waals surface area contributed by atoms with Crippen LogP contribution in [0.3, 0.4) is 0 Å². The second-order valence-corrected chi connectivity index (χ2v) is 11.4. The Bertz CT molecular complexity index is 1620. The summed E-state index contributed by atoms with van der Waals surface area (Å²) in [6.07, 6.45) is 7.52. The van der Waals surface area contributed by atoms with Gasteiger partial charge < -0.3 is 4.90 Å². The van der Waals surface area contributed by atoms with E-state index in [1.807, 2.05) is 46.9 Å². The van der Waals surface area contributed by atoms with Crippen molar-refractivity contribution in [1.82, 2.24) is 34.2 Å². The maximum absolute atomic E-state index is 14.5. The van der Waals surface area contributed by atoms with Gasteiger partial charge in [-0.05, 0) is 45.0 Å². The van der Waals surface area contributed by atoms with E-state index in [1.165, 1.54) is 24.5 Å². The first-order chi connectivity index (χ1) is 19.3. The standard InChI is InChI=1S/C28H28F2N8OS/c1-17-22(14-34-38(17)21-5-8-36(9-6-21)28(39)24-11-20(29)16-35(24)2)18-10-25(40-27-23(30)4-3-7-32-27)26-19(12-31)13-33-37(26)15-18/h3-4,7,10,13-15,20-21,24H,5-6,8-9,11,16H2,1-2H3/t20-,24+/m1/s1. The molecule has 12 heteroatoms. The normalized spacial score (nSPS) is 20.3. The van der Waals surface area contributed by atoms with Crippen LogP contribution in [-0.2, 0) is 4.79 Å². The molecule has 2 saturated heterocycles. The lowest BCUT2D eigenvalue weighted by molar-refractivity contribution is -0.137. The number of hydrogen-bond acceptors (Lipinski definition) is 7. The summed E-state index contributed by atoms with van der Waals surface area (Å²) in [4.78, 5) is 21.5. The van der Waals surface area contributed by atoms with Crippen molar-refractivity contribution < 1.29 is 13.6 Å². The predicted octanol–water partition coefficient (Wildman–Crippen LogP) is 4.27. The van der Waals surface area contributed by atoms with Crippen LogP contribution in [0.5, 0.6) is 0 Å². The number of amides is 1. The number of nitriles is 1. The van der Waals surface area contributed by atoms with Crippen molar-refractivity contribution >= 4 is 23.2 Å². The molecule has 0 aliphatic carbocycles. The summed E-state index contributed by atoms with van der Waals surface area (Å²) in [5.74, 6) is -0.426. The molecule has 6 heterocycles. The molecule has 2 aliphatic heterocycles. The lowest BCUT2D eigenvalue weighted by Crippen LogP contribution is -2.47. The first-order valence-corrected chi connectivity index (χ1v) is 14.0. The summed E-state index contributed by atoms with van der Waals surface area (Å²) in [5.41, 5.74) is 3.69. The summed E-state index contributed by atoms with van der Waals surface area (Å²) in [6.45, 7) is 3.52. The van der Waals surface area contributed by atoms with E-state index in [2.05, 4.69) is 16.2 Å². The Morgan fingerprint density at radius 3 is 2.73 bits per heavy atom. The van der Waals surface area contributed by atoms with E-state index < -0.39 is 12.0 Å². The highest BCUT2D eigenvalue weighted by atomic mass is 32.2. The van der Waals surface area contributed by atoms with Crippen molar-refractivity contribution in [3.05, 3.63) is 60.1 Å². The third-order valence-electron chi connectivity index (χ3n) is 7.89. The van der Waals surface area contributed by atoms with E-state index in [0.717, 1.165) is 41.4 Å². The fourth-order valence-electron chi connectivity index (χ4n) is 5.78. The average molecular weight is 563 g/mol. The molecule has 0 aromatic carbocycles. The van der Waals surface area contributed by atoms with Crippen LogP contribution in [0.1, 0.15) is 36.6 Å². The highest BCUT2D eigenvalue weighted by Gasteiger charge is 2.38. The van der Waals surface area contributed by atoms with Crippen LogP contribution in [0.4, 0.5) is 8.78 Å². The van der Waals surface area contributed by atoms with Gasteiger partial charge in [-0.1, -0.05) is 11.8 Å².